The zero-order valence-corrected chi connectivity index (χ0v) is 35.7. The molecule has 4 aromatic rings. The third-order valence-corrected chi connectivity index (χ3v) is 10.6. The van der Waals surface area contributed by atoms with E-state index in [9.17, 15) is 19.8 Å². The number of carbonyl (C=O) groups is 2. The number of hydrogen-bond acceptors (Lipinski definition) is 13. The van der Waals surface area contributed by atoms with Crippen LogP contribution < -0.4 is 26.2 Å². The molecule has 0 saturated carbocycles. The molecule has 0 amide bonds. The quantitative estimate of drug-likeness (QED) is 0.0397. The van der Waals surface area contributed by atoms with Gasteiger partial charge >= 0.3 is 0 Å². The minimum Gasteiger partial charge on any atom is -0.507 e. The number of carbonyl (C=O) groups excluding carboxylic acids is 2. The molecule has 8 N–H and O–H groups in total. The minimum atomic E-state index is -0.559. The maximum absolute atomic E-state index is 13.4. The molecular weight excluding hydrogens is 811 g/mol. The highest BCUT2D eigenvalue weighted by atomic mass is 35.5. The number of nitrogens with zero attached hydrogens (tertiary/aromatic N) is 2. The van der Waals surface area contributed by atoms with E-state index in [0.717, 1.165) is 19.6 Å². The van der Waals surface area contributed by atoms with Crippen molar-refractivity contribution in [2.24, 2.45) is 0 Å². The molecule has 0 bridgehead atoms. The van der Waals surface area contributed by atoms with Crippen LogP contribution in [-0.2, 0) is 0 Å². The zero-order valence-electron chi connectivity index (χ0n) is 32.4. The van der Waals surface area contributed by atoms with Crippen LogP contribution in [0.15, 0.2) is 82.6 Å². The van der Waals surface area contributed by atoms with E-state index in [0.29, 0.717) is 56.7 Å². The molecule has 57 heavy (non-hydrogen) atoms. The van der Waals surface area contributed by atoms with E-state index in [2.05, 4.69) is 100 Å². The Morgan fingerprint density at radius 3 is 1.44 bits per heavy atom. The van der Waals surface area contributed by atoms with Crippen molar-refractivity contribution >= 4 is 83.3 Å². The Labute approximate surface area is 358 Å². The second kappa shape index (κ2) is 24.2. The molecule has 1 aliphatic heterocycles. The molecule has 1 unspecified atom stereocenters. The van der Waals surface area contributed by atoms with Crippen molar-refractivity contribution in [1.82, 2.24) is 15.5 Å². The van der Waals surface area contributed by atoms with E-state index in [4.69, 9.17) is 10.2 Å². The Kier molecular flexibility index (Phi) is 21.0. The predicted octanol–water partition coefficient (Wildman–Crippen LogP) is 6.15. The lowest BCUT2D eigenvalue weighted by molar-refractivity contribution is 0.0975. The summed E-state index contributed by atoms with van der Waals surface area (Å²) in [4.78, 5) is 34.5. The van der Waals surface area contributed by atoms with Crippen LogP contribution in [0.25, 0.3) is 0 Å². The van der Waals surface area contributed by atoms with E-state index < -0.39 is 11.6 Å². The first-order valence-electron chi connectivity index (χ1n) is 18.5. The summed E-state index contributed by atoms with van der Waals surface area (Å²) in [6, 6.07) is 23.8. The lowest BCUT2D eigenvalue weighted by Gasteiger charge is -2.37. The van der Waals surface area contributed by atoms with Crippen molar-refractivity contribution in [3.63, 3.8) is 0 Å². The topological polar surface area (TPSA) is 170 Å². The lowest BCUT2D eigenvalue weighted by atomic mass is 9.81. The summed E-state index contributed by atoms with van der Waals surface area (Å²) in [5.74, 6) is -1.86. The largest absolute Gasteiger partial charge is 0.507 e. The van der Waals surface area contributed by atoms with Crippen LogP contribution in [-0.4, -0.2) is 115 Å². The Balaban J connectivity index is 0.000000396. The smallest absolute Gasteiger partial charge is 0.200 e. The molecular formula is C41H55Cl3N6O6S. The fourth-order valence-electron chi connectivity index (χ4n) is 6.84. The molecule has 0 fully saturated rings. The van der Waals surface area contributed by atoms with E-state index in [1.165, 1.54) is 33.3 Å². The monoisotopic (exact) mass is 864 g/mol. The summed E-state index contributed by atoms with van der Waals surface area (Å²) in [6.45, 7) is 12.9. The van der Waals surface area contributed by atoms with E-state index in [-0.39, 0.29) is 84.2 Å². The number of aliphatic hydroxyl groups excluding tert-OH is 2. The van der Waals surface area contributed by atoms with Crippen LogP contribution in [0.4, 0.5) is 22.7 Å². The van der Waals surface area contributed by atoms with Crippen molar-refractivity contribution in [2.75, 3.05) is 87.7 Å². The molecule has 0 spiro atoms. The van der Waals surface area contributed by atoms with Gasteiger partial charge in [0, 0.05) is 73.0 Å². The number of anilines is 4. The lowest BCUT2D eigenvalue weighted by Crippen LogP contribution is -2.41. The molecule has 16 heteroatoms. The third-order valence-electron chi connectivity index (χ3n) is 9.50. The maximum atomic E-state index is 13.4. The average molecular weight is 866 g/mol. The van der Waals surface area contributed by atoms with Crippen LogP contribution in [0.1, 0.15) is 52.6 Å². The average Bonchev–Trinajstić information content (AvgIpc) is 3.18. The van der Waals surface area contributed by atoms with E-state index in [1.54, 1.807) is 12.1 Å². The number of fused-ring (bicyclic) bond motifs is 4. The number of phenolic OH excluding ortho intramolecular Hbond substituents is 2. The summed E-state index contributed by atoms with van der Waals surface area (Å²) in [6.07, 6.45) is 0. The normalized spacial score (nSPS) is 12.6. The molecule has 312 valence electrons. The molecule has 1 aliphatic carbocycles. The van der Waals surface area contributed by atoms with Gasteiger partial charge in [-0.05, 0) is 68.5 Å². The highest BCUT2D eigenvalue weighted by Gasteiger charge is 2.38. The first-order chi connectivity index (χ1) is 26.2. The number of phenols is 2. The Morgan fingerprint density at radius 1 is 0.614 bits per heavy atom. The van der Waals surface area contributed by atoms with Crippen molar-refractivity contribution in [1.29, 1.82) is 0 Å². The second-order valence-corrected chi connectivity index (χ2v) is 14.0. The minimum absolute atomic E-state index is 0. The van der Waals surface area contributed by atoms with Crippen molar-refractivity contribution in [3.8, 4) is 11.5 Å². The van der Waals surface area contributed by atoms with Gasteiger partial charge in [0.15, 0.2) is 0 Å². The maximum Gasteiger partial charge on any atom is 0.200 e. The molecule has 0 saturated heterocycles. The molecule has 12 nitrogen and oxygen atoms in total. The second-order valence-electron chi connectivity index (χ2n) is 12.9. The van der Waals surface area contributed by atoms with Gasteiger partial charge in [-0.1, -0.05) is 49.9 Å². The Morgan fingerprint density at radius 2 is 1.04 bits per heavy atom. The number of benzene rings is 4. The van der Waals surface area contributed by atoms with Crippen molar-refractivity contribution in [3.05, 3.63) is 95.1 Å². The standard InChI is InChI=1S/C22H28N4O6.C19H24N2S.3ClH/c27-11-9-23-5-7-25-13-1-2-14(26-8-6-24-10-12-28)18-17(13)21(31)19-15(29)3-4-16(30)20(19)22(18)32;1-4-20(5-2)15(3)14-21-16-10-6-8-12-18(16)22-19-13-9-7-11-17(19)21;;;/h1-4,23-30H,5-12H2;6-13,15H,4-5,14H2,1-3H3;3*1H. The summed E-state index contributed by atoms with van der Waals surface area (Å²) in [7, 11) is 0. The fraction of sp³-hybridized carbons (Fsp3) is 0.366. The number of aliphatic hydroxyl groups is 2. The van der Waals surface area contributed by atoms with Crippen molar-refractivity contribution in [2.45, 2.75) is 36.6 Å². The number of rotatable bonds is 17. The number of hydrogen-bond donors (Lipinski definition) is 8. The van der Waals surface area contributed by atoms with Gasteiger partial charge in [-0.2, -0.15) is 0 Å². The number of aromatic hydroxyl groups is 2. The van der Waals surface area contributed by atoms with Gasteiger partial charge in [-0.3, -0.25) is 14.5 Å². The molecule has 2 aliphatic rings. The van der Waals surface area contributed by atoms with Crippen LogP contribution in [0.5, 0.6) is 11.5 Å². The predicted molar refractivity (Wildman–Crippen MR) is 238 cm³/mol. The SMILES string of the molecule is CCN(CC)C(C)CN1c2ccccc2Sc2ccccc21.Cl.Cl.Cl.O=C1c2c(O)ccc(O)c2C(=O)c2c(NCCNCCO)ccc(NCCNCCO)c21. The number of halogens is 3. The highest BCUT2D eigenvalue weighted by Crippen LogP contribution is 2.48. The third kappa shape index (κ3) is 11.7. The number of likely N-dealkylation sites (N-methyl/N-ethyl adjacent to an activating group) is 1. The molecule has 0 radical (unpaired) electrons. The molecule has 1 heterocycles. The molecule has 0 aromatic heterocycles. The summed E-state index contributed by atoms with van der Waals surface area (Å²) >= 11 is 1.88. The Bertz CT molecular complexity index is 1800. The van der Waals surface area contributed by atoms with Crippen LogP contribution in [0, 0.1) is 0 Å². The summed E-state index contributed by atoms with van der Waals surface area (Å²) in [5, 5.41) is 50.6. The van der Waals surface area contributed by atoms with Gasteiger partial charge in [0.25, 0.3) is 0 Å². The highest BCUT2D eigenvalue weighted by molar-refractivity contribution is 7.99. The van der Waals surface area contributed by atoms with Crippen LogP contribution in [0.3, 0.4) is 0 Å². The molecule has 6 rings (SSSR count). The first-order valence-corrected chi connectivity index (χ1v) is 19.4. The van der Waals surface area contributed by atoms with Gasteiger partial charge in [0.1, 0.15) is 11.5 Å². The van der Waals surface area contributed by atoms with E-state index >= 15 is 0 Å². The number of nitrogens with one attached hydrogen (secondary N) is 4. The number of para-hydroxylation sites is 2. The molecule has 4 aromatic carbocycles. The van der Waals surface area contributed by atoms with Gasteiger partial charge in [-0.25, -0.2) is 0 Å². The summed E-state index contributed by atoms with van der Waals surface area (Å²) < 4.78 is 0. The van der Waals surface area contributed by atoms with Crippen molar-refractivity contribution < 1.29 is 30.0 Å². The van der Waals surface area contributed by atoms with Gasteiger partial charge < -0.3 is 46.6 Å². The van der Waals surface area contributed by atoms with Crippen LogP contribution in [0.2, 0.25) is 0 Å². The molecule has 1 atom stereocenters. The first kappa shape index (κ1) is 49.4. The van der Waals surface area contributed by atoms with Crippen LogP contribution >= 0.6 is 49.0 Å². The van der Waals surface area contributed by atoms with E-state index in [1.807, 2.05) is 11.8 Å². The summed E-state index contributed by atoms with van der Waals surface area (Å²) in [5.41, 5.74) is 3.35. The Hall–Kier alpha value is -3.76. The van der Waals surface area contributed by atoms with Gasteiger partial charge in [0.05, 0.1) is 46.8 Å². The zero-order chi connectivity index (χ0) is 38.6. The van der Waals surface area contributed by atoms with Gasteiger partial charge in [0.2, 0.25) is 11.6 Å². The number of ketones is 2. The van der Waals surface area contributed by atoms with Gasteiger partial charge in [-0.15, -0.1) is 37.2 Å². The fourth-order valence-corrected chi connectivity index (χ4v) is 7.94.